The number of carbonyl (C=O) groups excluding carboxylic acids is 1. The molecule has 2 atom stereocenters. The first-order valence-corrected chi connectivity index (χ1v) is 9.29. The van der Waals surface area contributed by atoms with E-state index in [9.17, 15) is 9.90 Å². The minimum atomic E-state index is -0.695. The third kappa shape index (κ3) is 5.05. The van der Waals surface area contributed by atoms with Gasteiger partial charge in [0.05, 0.1) is 5.92 Å². The van der Waals surface area contributed by atoms with Crippen molar-refractivity contribution in [2.45, 2.75) is 25.4 Å². The summed E-state index contributed by atoms with van der Waals surface area (Å²) in [6, 6.07) is 27.3. The molecule has 3 aromatic rings. The van der Waals surface area contributed by atoms with Crippen molar-refractivity contribution in [3.05, 3.63) is 107 Å². The van der Waals surface area contributed by atoms with Gasteiger partial charge in [-0.2, -0.15) is 0 Å². The van der Waals surface area contributed by atoms with Gasteiger partial charge in [0.1, 0.15) is 6.10 Å². The van der Waals surface area contributed by atoms with Crippen LogP contribution in [0.1, 0.15) is 41.2 Å². The number of rotatable bonds is 7. The summed E-state index contributed by atoms with van der Waals surface area (Å²) in [5.41, 5.74) is 3.75. The van der Waals surface area contributed by atoms with E-state index >= 15 is 0 Å². The van der Waals surface area contributed by atoms with E-state index in [2.05, 4.69) is 17.4 Å². The molecule has 0 radical (unpaired) electrons. The van der Waals surface area contributed by atoms with Crippen LogP contribution in [0.15, 0.2) is 84.9 Å². The van der Waals surface area contributed by atoms with Gasteiger partial charge >= 0.3 is 0 Å². The van der Waals surface area contributed by atoms with E-state index in [0.29, 0.717) is 6.54 Å². The minimum absolute atomic E-state index is 0.00252. The number of amides is 1. The van der Waals surface area contributed by atoms with Crippen molar-refractivity contribution in [3.63, 3.8) is 0 Å². The van der Waals surface area contributed by atoms with Gasteiger partial charge in [0.2, 0.25) is 5.91 Å². The standard InChI is InChI=1S/C24H25NO2/c1-18(24(27)25-16-15-19-9-4-2-5-10-19)21-13-8-14-22(17-21)23(26)20-11-6-3-7-12-20/h2-14,17-18,23,26H,15-16H2,1H3,(H,25,27). The molecule has 3 rings (SSSR count). The predicted octanol–water partition coefficient (Wildman–Crippen LogP) is 4.23. The number of benzene rings is 3. The van der Waals surface area contributed by atoms with Gasteiger partial charge in [0, 0.05) is 6.54 Å². The van der Waals surface area contributed by atoms with Gasteiger partial charge in [-0.1, -0.05) is 84.9 Å². The molecule has 138 valence electrons. The second kappa shape index (κ2) is 9.15. The van der Waals surface area contributed by atoms with Crippen LogP contribution in [0, 0.1) is 0 Å². The molecule has 1 amide bonds. The molecule has 3 nitrogen and oxygen atoms in total. The Hall–Kier alpha value is -2.91. The highest BCUT2D eigenvalue weighted by molar-refractivity contribution is 5.83. The van der Waals surface area contributed by atoms with Gasteiger partial charge in [-0.3, -0.25) is 4.79 Å². The Labute approximate surface area is 160 Å². The molecular formula is C24H25NO2. The number of hydrogen-bond acceptors (Lipinski definition) is 2. The SMILES string of the molecule is CC(C(=O)NCCc1ccccc1)c1cccc(C(O)c2ccccc2)c1. The summed E-state index contributed by atoms with van der Waals surface area (Å²) >= 11 is 0. The molecular weight excluding hydrogens is 334 g/mol. The lowest BCUT2D eigenvalue weighted by atomic mass is 9.94. The normalized spacial score (nSPS) is 13.0. The maximum atomic E-state index is 12.5. The van der Waals surface area contributed by atoms with Crippen LogP contribution in [-0.4, -0.2) is 17.6 Å². The third-order valence-electron chi connectivity index (χ3n) is 4.79. The molecule has 0 aliphatic heterocycles. The van der Waals surface area contributed by atoms with E-state index in [0.717, 1.165) is 23.1 Å². The fourth-order valence-corrected chi connectivity index (χ4v) is 3.11. The Morgan fingerprint density at radius 1 is 0.852 bits per heavy atom. The highest BCUT2D eigenvalue weighted by Gasteiger charge is 2.17. The van der Waals surface area contributed by atoms with Crippen LogP contribution in [0.4, 0.5) is 0 Å². The first-order valence-electron chi connectivity index (χ1n) is 9.29. The molecule has 0 fully saturated rings. The Morgan fingerprint density at radius 2 is 1.44 bits per heavy atom. The second-order valence-corrected chi connectivity index (χ2v) is 6.73. The van der Waals surface area contributed by atoms with Crippen molar-refractivity contribution in [3.8, 4) is 0 Å². The summed E-state index contributed by atoms with van der Waals surface area (Å²) in [6.07, 6.45) is 0.117. The Kier molecular flexibility index (Phi) is 6.39. The zero-order valence-electron chi connectivity index (χ0n) is 15.5. The molecule has 0 bridgehead atoms. The minimum Gasteiger partial charge on any atom is -0.384 e. The Morgan fingerprint density at radius 3 is 2.15 bits per heavy atom. The predicted molar refractivity (Wildman–Crippen MR) is 109 cm³/mol. The van der Waals surface area contributed by atoms with Crippen LogP contribution in [0.5, 0.6) is 0 Å². The molecule has 0 saturated carbocycles. The summed E-state index contributed by atoms with van der Waals surface area (Å²) in [5, 5.41) is 13.6. The molecule has 2 unspecified atom stereocenters. The van der Waals surface area contributed by atoms with Gasteiger partial charge in [0.25, 0.3) is 0 Å². The molecule has 2 N–H and O–H groups in total. The first kappa shape index (κ1) is 18.9. The number of hydrogen-bond donors (Lipinski definition) is 2. The summed E-state index contributed by atoms with van der Waals surface area (Å²) < 4.78 is 0. The van der Waals surface area contributed by atoms with Crippen LogP contribution in [-0.2, 0) is 11.2 Å². The Bertz CT molecular complexity index is 862. The molecule has 3 heteroatoms. The summed E-state index contributed by atoms with van der Waals surface area (Å²) in [4.78, 5) is 12.5. The summed E-state index contributed by atoms with van der Waals surface area (Å²) in [6.45, 7) is 2.51. The highest BCUT2D eigenvalue weighted by Crippen LogP contribution is 2.25. The van der Waals surface area contributed by atoms with Gasteiger partial charge in [0.15, 0.2) is 0 Å². The van der Waals surface area contributed by atoms with Crippen molar-refractivity contribution in [2.24, 2.45) is 0 Å². The van der Waals surface area contributed by atoms with Gasteiger partial charge in [-0.15, -0.1) is 0 Å². The van der Waals surface area contributed by atoms with Gasteiger partial charge in [-0.05, 0) is 35.6 Å². The molecule has 0 aliphatic rings. The lowest BCUT2D eigenvalue weighted by Gasteiger charge is -2.16. The van der Waals surface area contributed by atoms with E-state index in [1.807, 2.05) is 79.7 Å². The average Bonchev–Trinajstić information content (AvgIpc) is 2.74. The number of aliphatic hydroxyl groups is 1. The fraction of sp³-hybridized carbons (Fsp3) is 0.208. The molecule has 3 aromatic carbocycles. The molecule has 0 heterocycles. The summed E-state index contributed by atoms with van der Waals surface area (Å²) in [5.74, 6) is -0.277. The van der Waals surface area contributed by atoms with Crippen LogP contribution in [0.2, 0.25) is 0 Å². The molecule has 27 heavy (non-hydrogen) atoms. The monoisotopic (exact) mass is 359 g/mol. The van der Waals surface area contributed by atoms with Crippen LogP contribution in [0.3, 0.4) is 0 Å². The maximum absolute atomic E-state index is 12.5. The number of nitrogens with one attached hydrogen (secondary N) is 1. The summed E-state index contributed by atoms with van der Waals surface area (Å²) in [7, 11) is 0. The van der Waals surface area contributed by atoms with Gasteiger partial charge in [-0.25, -0.2) is 0 Å². The topological polar surface area (TPSA) is 49.3 Å². The first-order chi connectivity index (χ1) is 13.1. The lowest BCUT2D eigenvalue weighted by molar-refractivity contribution is -0.122. The van der Waals surface area contributed by atoms with E-state index < -0.39 is 6.10 Å². The van der Waals surface area contributed by atoms with Crippen LogP contribution >= 0.6 is 0 Å². The van der Waals surface area contributed by atoms with Crippen LogP contribution < -0.4 is 5.32 Å². The largest absolute Gasteiger partial charge is 0.384 e. The average molecular weight is 359 g/mol. The number of aliphatic hydroxyl groups excluding tert-OH is 1. The quantitative estimate of drug-likeness (QED) is 0.663. The van der Waals surface area contributed by atoms with E-state index in [1.54, 1.807) is 0 Å². The second-order valence-electron chi connectivity index (χ2n) is 6.73. The van der Waals surface area contributed by atoms with Crippen LogP contribution in [0.25, 0.3) is 0 Å². The van der Waals surface area contributed by atoms with Crippen molar-refractivity contribution >= 4 is 5.91 Å². The fourth-order valence-electron chi connectivity index (χ4n) is 3.11. The van der Waals surface area contributed by atoms with Crippen molar-refractivity contribution < 1.29 is 9.90 Å². The molecule has 0 aliphatic carbocycles. The van der Waals surface area contributed by atoms with Gasteiger partial charge < -0.3 is 10.4 Å². The molecule has 0 saturated heterocycles. The van der Waals surface area contributed by atoms with Crippen molar-refractivity contribution in [1.82, 2.24) is 5.32 Å². The lowest BCUT2D eigenvalue weighted by Crippen LogP contribution is -2.29. The molecule has 0 aromatic heterocycles. The van der Waals surface area contributed by atoms with E-state index in [1.165, 1.54) is 5.56 Å². The van der Waals surface area contributed by atoms with Crippen molar-refractivity contribution in [2.75, 3.05) is 6.54 Å². The zero-order valence-corrected chi connectivity index (χ0v) is 15.5. The van der Waals surface area contributed by atoms with E-state index in [-0.39, 0.29) is 11.8 Å². The van der Waals surface area contributed by atoms with E-state index in [4.69, 9.17) is 0 Å². The Balaban J connectivity index is 1.62. The maximum Gasteiger partial charge on any atom is 0.227 e. The highest BCUT2D eigenvalue weighted by atomic mass is 16.3. The van der Waals surface area contributed by atoms with Crippen molar-refractivity contribution in [1.29, 1.82) is 0 Å². The molecule has 0 spiro atoms. The third-order valence-corrected chi connectivity index (χ3v) is 4.79. The zero-order chi connectivity index (χ0) is 19.1. The smallest absolute Gasteiger partial charge is 0.227 e. The number of carbonyl (C=O) groups is 1.